The molecular weight excluding hydrogens is 204 g/mol. The molecule has 4 heteroatoms. The predicted molar refractivity (Wildman–Crippen MR) is 59.6 cm³/mol. The summed E-state index contributed by atoms with van der Waals surface area (Å²) in [5.74, 6) is 0. The first kappa shape index (κ1) is 11.0. The molecule has 2 nitrogen and oxygen atoms in total. The van der Waals surface area contributed by atoms with Crippen molar-refractivity contribution >= 4 is 22.9 Å². The van der Waals surface area contributed by atoms with Crippen LogP contribution in [0.2, 0.25) is 5.02 Å². The minimum atomic E-state index is 0.881. The molecule has 0 saturated carbocycles. The van der Waals surface area contributed by atoms with Gasteiger partial charge >= 0.3 is 0 Å². The monoisotopic (exact) mass is 218 g/mol. The van der Waals surface area contributed by atoms with Gasteiger partial charge in [0.1, 0.15) is 0 Å². The molecule has 0 amide bonds. The summed E-state index contributed by atoms with van der Waals surface area (Å²) >= 11 is 7.64. The van der Waals surface area contributed by atoms with Gasteiger partial charge in [0.25, 0.3) is 0 Å². The van der Waals surface area contributed by atoms with Gasteiger partial charge in [-0.15, -0.1) is 11.3 Å². The highest BCUT2D eigenvalue weighted by molar-refractivity contribution is 7.10. The van der Waals surface area contributed by atoms with Crippen LogP contribution < -0.4 is 10.6 Å². The minimum Gasteiger partial charge on any atom is -0.320 e. The molecule has 1 aromatic rings. The zero-order valence-corrected chi connectivity index (χ0v) is 9.34. The van der Waals surface area contributed by atoms with Crippen molar-refractivity contribution in [3.63, 3.8) is 0 Å². The summed E-state index contributed by atoms with van der Waals surface area (Å²) in [5, 5.41) is 9.36. The van der Waals surface area contributed by atoms with E-state index < -0.39 is 0 Å². The molecule has 0 spiro atoms. The van der Waals surface area contributed by atoms with Crippen LogP contribution in [0.25, 0.3) is 0 Å². The lowest BCUT2D eigenvalue weighted by Gasteiger charge is -2.02. The summed E-state index contributed by atoms with van der Waals surface area (Å²) in [6.45, 7) is 2.99. The quantitative estimate of drug-likeness (QED) is 0.715. The Bertz CT molecular complexity index is 237. The SMILES string of the molecule is CNCCCNCc1sccc1Cl. The fourth-order valence-electron chi connectivity index (χ4n) is 1.04. The highest BCUT2D eigenvalue weighted by Gasteiger charge is 1.99. The maximum atomic E-state index is 5.94. The molecular formula is C9H15ClN2S. The lowest BCUT2D eigenvalue weighted by atomic mass is 10.4. The molecule has 0 unspecified atom stereocenters. The molecule has 0 atom stereocenters. The van der Waals surface area contributed by atoms with Crippen molar-refractivity contribution in [3.8, 4) is 0 Å². The molecule has 2 N–H and O–H groups in total. The topological polar surface area (TPSA) is 24.1 Å². The number of rotatable bonds is 6. The van der Waals surface area contributed by atoms with Gasteiger partial charge < -0.3 is 10.6 Å². The Morgan fingerprint density at radius 2 is 2.31 bits per heavy atom. The van der Waals surface area contributed by atoms with Crippen molar-refractivity contribution in [1.82, 2.24) is 10.6 Å². The smallest absolute Gasteiger partial charge is 0.0558 e. The first-order valence-electron chi connectivity index (χ1n) is 4.42. The zero-order chi connectivity index (χ0) is 9.52. The lowest BCUT2D eigenvalue weighted by Crippen LogP contribution is -2.19. The van der Waals surface area contributed by atoms with Crippen molar-refractivity contribution in [3.05, 3.63) is 21.3 Å². The third-order valence-electron chi connectivity index (χ3n) is 1.76. The zero-order valence-electron chi connectivity index (χ0n) is 7.77. The summed E-state index contributed by atoms with van der Waals surface area (Å²) < 4.78 is 0. The number of hydrogen-bond acceptors (Lipinski definition) is 3. The molecule has 0 saturated heterocycles. The van der Waals surface area contributed by atoms with E-state index in [0.717, 1.165) is 31.1 Å². The van der Waals surface area contributed by atoms with Gasteiger partial charge in [-0.2, -0.15) is 0 Å². The van der Waals surface area contributed by atoms with Crippen LogP contribution in [0, 0.1) is 0 Å². The average Bonchev–Trinajstić information content (AvgIpc) is 2.52. The van der Waals surface area contributed by atoms with E-state index in [2.05, 4.69) is 10.6 Å². The lowest BCUT2D eigenvalue weighted by molar-refractivity contribution is 0.629. The molecule has 0 aromatic carbocycles. The number of thiophene rings is 1. The highest BCUT2D eigenvalue weighted by atomic mass is 35.5. The third-order valence-corrected chi connectivity index (χ3v) is 3.14. The van der Waals surface area contributed by atoms with Crippen molar-refractivity contribution < 1.29 is 0 Å². The van der Waals surface area contributed by atoms with Gasteiger partial charge in [-0.05, 0) is 38.0 Å². The molecule has 0 aliphatic rings. The van der Waals surface area contributed by atoms with E-state index in [-0.39, 0.29) is 0 Å². The Labute approximate surface area is 88.3 Å². The Kier molecular flexibility index (Phi) is 5.39. The van der Waals surface area contributed by atoms with Gasteiger partial charge in [0.2, 0.25) is 0 Å². The van der Waals surface area contributed by atoms with Crippen LogP contribution in [0.4, 0.5) is 0 Å². The molecule has 74 valence electrons. The Balaban J connectivity index is 2.10. The van der Waals surface area contributed by atoms with Gasteiger partial charge in [-0.1, -0.05) is 11.6 Å². The first-order valence-corrected chi connectivity index (χ1v) is 5.67. The molecule has 13 heavy (non-hydrogen) atoms. The molecule has 1 aromatic heterocycles. The minimum absolute atomic E-state index is 0.881. The summed E-state index contributed by atoms with van der Waals surface area (Å²) in [4.78, 5) is 1.23. The van der Waals surface area contributed by atoms with E-state index in [9.17, 15) is 0 Å². The van der Waals surface area contributed by atoms with E-state index in [1.54, 1.807) is 11.3 Å². The molecule has 0 bridgehead atoms. The number of halogens is 1. The Morgan fingerprint density at radius 3 is 2.92 bits per heavy atom. The molecule has 1 rings (SSSR count). The van der Waals surface area contributed by atoms with Crippen LogP contribution in [0.3, 0.4) is 0 Å². The molecule has 0 fully saturated rings. The summed E-state index contributed by atoms with van der Waals surface area (Å²) in [5.41, 5.74) is 0. The number of hydrogen-bond donors (Lipinski definition) is 2. The second-order valence-electron chi connectivity index (χ2n) is 2.83. The second kappa shape index (κ2) is 6.38. The summed E-state index contributed by atoms with van der Waals surface area (Å²) in [6.07, 6.45) is 1.15. The third kappa shape index (κ3) is 4.09. The van der Waals surface area contributed by atoms with Gasteiger partial charge in [-0.3, -0.25) is 0 Å². The maximum Gasteiger partial charge on any atom is 0.0558 e. The largest absolute Gasteiger partial charge is 0.320 e. The van der Waals surface area contributed by atoms with E-state index in [1.807, 2.05) is 18.5 Å². The van der Waals surface area contributed by atoms with Crippen LogP contribution in [0.15, 0.2) is 11.4 Å². The van der Waals surface area contributed by atoms with Crippen molar-refractivity contribution in [2.75, 3.05) is 20.1 Å². The summed E-state index contributed by atoms with van der Waals surface area (Å²) in [7, 11) is 1.97. The van der Waals surface area contributed by atoms with Gasteiger partial charge in [-0.25, -0.2) is 0 Å². The van der Waals surface area contributed by atoms with Crippen LogP contribution in [-0.4, -0.2) is 20.1 Å². The van der Waals surface area contributed by atoms with E-state index >= 15 is 0 Å². The van der Waals surface area contributed by atoms with Crippen molar-refractivity contribution in [2.45, 2.75) is 13.0 Å². The number of nitrogens with one attached hydrogen (secondary N) is 2. The second-order valence-corrected chi connectivity index (χ2v) is 4.23. The van der Waals surface area contributed by atoms with Gasteiger partial charge in [0.05, 0.1) is 5.02 Å². The van der Waals surface area contributed by atoms with E-state index in [4.69, 9.17) is 11.6 Å². The fraction of sp³-hybridized carbons (Fsp3) is 0.556. The van der Waals surface area contributed by atoms with Gasteiger partial charge in [0.15, 0.2) is 0 Å². The normalized spacial score (nSPS) is 10.6. The highest BCUT2D eigenvalue weighted by Crippen LogP contribution is 2.21. The molecule has 0 radical (unpaired) electrons. The van der Waals surface area contributed by atoms with Crippen LogP contribution >= 0.6 is 22.9 Å². The van der Waals surface area contributed by atoms with Crippen LogP contribution in [0.1, 0.15) is 11.3 Å². The maximum absolute atomic E-state index is 5.94. The van der Waals surface area contributed by atoms with Crippen molar-refractivity contribution in [1.29, 1.82) is 0 Å². The molecule has 0 aliphatic carbocycles. The van der Waals surface area contributed by atoms with Crippen LogP contribution in [0.5, 0.6) is 0 Å². The Morgan fingerprint density at radius 1 is 1.46 bits per heavy atom. The first-order chi connectivity index (χ1) is 6.34. The van der Waals surface area contributed by atoms with E-state index in [1.165, 1.54) is 4.88 Å². The van der Waals surface area contributed by atoms with Crippen molar-refractivity contribution in [2.24, 2.45) is 0 Å². The Hall–Kier alpha value is -0.0900. The van der Waals surface area contributed by atoms with Crippen LogP contribution in [-0.2, 0) is 6.54 Å². The van der Waals surface area contributed by atoms with E-state index in [0.29, 0.717) is 0 Å². The molecule has 1 heterocycles. The van der Waals surface area contributed by atoms with Gasteiger partial charge in [0, 0.05) is 11.4 Å². The summed E-state index contributed by atoms with van der Waals surface area (Å²) in [6, 6.07) is 1.94. The average molecular weight is 219 g/mol. The molecule has 0 aliphatic heterocycles. The fourth-order valence-corrected chi connectivity index (χ4v) is 2.12. The standard InChI is InChI=1S/C9H15ClN2S/c1-11-4-2-5-12-7-9-8(10)3-6-13-9/h3,6,11-12H,2,4-5,7H2,1H3. The predicted octanol–water partition coefficient (Wildman–Crippen LogP) is 2.10.